The zero-order valence-electron chi connectivity index (χ0n) is 14.0. The molecule has 1 atom stereocenters. The van der Waals surface area contributed by atoms with E-state index in [1.165, 1.54) is 33.3 Å². The number of rotatable bonds is 6. The number of carbonyl (C=O) groups excluding carboxylic acids is 1. The van der Waals surface area contributed by atoms with E-state index in [0.29, 0.717) is 6.92 Å². The van der Waals surface area contributed by atoms with Gasteiger partial charge < -0.3 is 15.2 Å². The van der Waals surface area contributed by atoms with Crippen molar-refractivity contribution in [2.75, 3.05) is 26.5 Å². The van der Waals surface area contributed by atoms with Gasteiger partial charge in [-0.1, -0.05) is 0 Å². The largest absolute Gasteiger partial charge is 0.495 e. The maximum absolute atomic E-state index is 12.6. The third kappa shape index (κ3) is 4.83. The zero-order valence-corrected chi connectivity index (χ0v) is 14.8. The monoisotopic (exact) mass is 384 g/mol. The Hall–Kier alpha value is -1.85. The molecule has 25 heavy (non-hydrogen) atoms. The van der Waals surface area contributed by atoms with Crippen LogP contribution in [0.5, 0.6) is 5.75 Å². The van der Waals surface area contributed by atoms with Crippen molar-refractivity contribution in [3.05, 3.63) is 18.2 Å². The minimum absolute atomic E-state index is 0.00832. The van der Waals surface area contributed by atoms with Crippen molar-refractivity contribution in [1.29, 1.82) is 0 Å². The molecule has 1 aromatic carbocycles. The van der Waals surface area contributed by atoms with Gasteiger partial charge in [0.05, 0.1) is 13.5 Å². The number of benzene rings is 1. The minimum Gasteiger partial charge on any atom is -0.495 e. The van der Waals surface area contributed by atoms with Crippen LogP contribution in [0.4, 0.5) is 18.9 Å². The second-order valence-electron chi connectivity index (χ2n) is 5.65. The standard InChI is InChI=1S/C14H19F3N2O5S/c1-13(21,14(15,16)17)8-12(20)18-9-5-6-10(24-4)11(7-9)25(22,23)19(2)3/h5-7,21H,8H2,1-4H3,(H,18,20)/t13-/m1/s1. The average Bonchev–Trinajstić information content (AvgIpc) is 2.45. The molecule has 0 saturated carbocycles. The highest BCUT2D eigenvalue weighted by Crippen LogP contribution is 2.33. The first-order valence-electron chi connectivity index (χ1n) is 6.92. The van der Waals surface area contributed by atoms with Gasteiger partial charge in [-0.15, -0.1) is 0 Å². The van der Waals surface area contributed by atoms with Gasteiger partial charge in [0.15, 0.2) is 5.60 Å². The van der Waals surface area contributed by atoms with E-state index in [1.54, 1.807) is 0 Å². The lowest BCUT2D eigenvalue weighted by Gasteiger charge is -2.25. The summed E-state index contributed by atoms with van der Waals surface area (Å²) >= 11 is 0. The number of amides is 1. The van der Waals surface area contributed by atoms with E-state index >= 15 is 0 Å². The Balaban J connectivity index is 3.11. The van der Waals surface area contributed by atoms with Gasteiger partial charge in [-0.05, 0) is 25.1 Å². The Morgan fingerprint density at radius 1 is 1.32 bits per heavy atom. The summed E-state index contributed by atoms with van der Waals surface area (Å²) in [7, 11) is -0.0715. The number of nitrogens with zero attached hydrogens (tertiary/aromatic N) is 1. The first-order valence-corrected chi connectivity index (χ1v) is 8.36. The molecule has 0 heterocycles. The van der Waals surface area contributed by atoms with Crippen LogP contribution in [0, 0.1) is 0 Å². The molecule has 1 rings (SSSR count). The molecule has 0 saturated heterocycles. The van der Waals surface area contributed by atoms with Crippen LogP contribution in [-0.2, 0) is 14.8 Å². The van der Waals surface area contributed by atoms with Gasteiger partial charge >= 0.3 is 6.18 Å². The fraction of sp³-hybridized carbons (Fsp3) is 0.500. The lowest BCUT2D eigenvalue weighted by atomic mass is 10.0. The summed E-state index contributed by atoms with van der Waals surface area (Å²) < 4.78 is 68.2. The predicted molar refractivity (Wildman–Crippen MR) is 83.8 cm³/mol. The van der Waals surface area contributed by atoms with Gasteiger partial charge in [-0.2, -0.15) is 13.2 Å². The molecule has 1 amide bonds. The average molecular weight is 384 g/mol. The van der Waals surface area contributed by atoms with Crippen LogP contribution in [-0.4, -0.2) is 56.7 Å². The summed E-state index contributed by atoms with van der Waals surface area (Å²) in [5.74, 6) is -1.12. The molecular weight excluding hydrogens is 365 g/mol. The molecule has 11 heteroatoms. The number of hydrogen-bond acceptors (Lipinski definition) is 5. The summed E-state index contributed by atoms with van der Waals surface area (Å²) in [6.45, 7) is 0.475. The van der Waals surface area contributed by atoms with Crippen LogP contribution in [0.15, 0.2) is 23.1 Å². The van der Waals surface area contributed by atoms with Crippen molar-refractivity contribution in [2.24, 2.45) is 0 Å². The van der Waals surface area contributed by atoms with Crippen LogP contribution in [0.1, 0.15) is 13.3 Å². The Morgan fingerprint density at radius 2 is 1.88 bits per heavy atom. The number of anilines is 1. The van der Waals surface area contributed by atoms with Crippen molar-refractivity contribution in [2.45, 2.75) is 30.0 Å². The molecule has 0 aliphatic heterocycles. The fourth-order valence-corrected chi connectivity index (χ4v) is 2.85. The van der Waals surface area contributed by atoms with Crippen LogP contribution in [0.3, 0.4) is 0 Å². The van der Waals surface area contributed by atoms with Crippen molar-refractivity contribution in [3.8, 4) is 5.75 Å². The molecule has 0 aliphatic rings. The molecule has 0 bridgehead atoms. The Kier molecular flexibility index (Phi) is 6.09. The van der Waals surface area contributed by atoms with E-state index in [0.717, 1.165) is 10.4 Å². The zero-order chi connectivity index (χ0) is 19.6. The Bertz CT molecular complexity index is 745. The van der Waals surface area contributed by atoms with Gasteiger partial charge in [0, 0.05) is 19.8 Å². The maximum atomic E-state index is 12.6. The quantitative estimate of drug-likeness (QED) is 0.777. The highest BCUT2D eigenvalue weighted by molar-refractivity contribution is 7.89. The smallest absolute Gasteiger partial charge is 0.417 e. The summed E-state index contributed by atoms with van der Waals surface area (Å²) in [6.07, 6.45) is -6.22. The summed E-state index contributed by atoms with van der Waals surface area (Å²) in [6, 6.07) is 3.59. The number of alkyl halides is 3. The summed E-state index contributed by atoms with van der Waals surface area (Å²) in [5, 5.41) is 11.5. The molecule has 0 fully saturated rings. The molecule has 7 nitrogen and oxygen atoms in total. The molecule has 0 radical (unpaired) electrons. The number of methoxy groups -OCH3 is 1. The van der Waals surface area contributed by atoms with Crippen LogP contribution < -0.4 is 10.1 Å². The van der Waals surface area contributed by atoms with Crippen molar-refractivity contribution in [3.63, 3.8) is 0 Å². The third-order valence-corrected chi connectivity index (χ3v) is 5.16. The van der Waals surface area contributed by atoms with Gasteiger partial charge in [0.1, 0.15) is 10.6 Å². The molecule has 1 aromatic rings. The van der Waals surface area contributed by atoms with E-state index in [4.69, 9.17) is 4.74 Å². The van der Waals surface area contributed by atoms with Crippen LogP contribution >= 0.6 is 0 Å². The SMILES string of the molecule is COc1ccc(NC(=O)C[C@@](C)(O)C(F)(F)F)cc1S(=O)(=O)N(C)C. The van der Waals surface area contributed by atoms with Crippen molar-refractivity contribution < 1.29 is 36.2 Å². The van der Waals surface area contributed by atoms with E-state index in [1.807, 2.05) is 0 Å². The van der Waals surface area contributed by atoms with Crippen molar-refractivity contribution >= 4 is 21.6 Å². The second-order valence-corrected chi connectivity index (χ2v) is 7.77. The van der Waals surface area contributed by atoms with Gasteiger partial charge in [-0.3, -0.25) is 4.79 Å². The van der Waals surface area contributed by atoms with E-state index in [2.05, 4.69) is 5.32 Å². The van der Waals surface area contributed by atoms with E-state index in [9.17, 15) is 31.5 Å². The molecule has 0 aliphatic carbocycles. The van der Waals surface area contributed by atoms with Gasteiger partial charge in [-0.25, -0.2) is 12.7 Å². The summed E-state index contributed by atoms with van der Waals surface area (Å²) in [4.78, 5) is 11.5. The first-order chi connectivity index (χ1) is 11.2. The number of carbonyl (C=O) groups is 1. The van der Waals surface area contributed by atoms with Gasteiger partial charge in [0.25, 0.3) is 0 Å². The number of hydrogen-bond donors (Lipinski definition) is 2. The highest BCUT2D eigenvalue weighted by atomic mass is 32.2. The molecular formula is C14H19F3N2O5S. The molecule has 0 spiro atoms. The normalized spacial score (nSPS) is 14.9. The van der Waals surface area contributed by atoms with E-state index < -0.39 is 34.1 Å². The lowest BCUT2D eigenvalue weighted by molar-refractivity contribution is -0.252. The molecule has 2 N–H and O–H groups in total. The number of sulfonamides is 1. The predicted octanol–water partition coefficient (Wildman–Crippen LogP) is 1.59. The molecule has 0 unspecified atom stereocenters. The topological polar surface area (TPSA) is 95.9 Å². The Morgan fingerprint density at radius 3 is 2.32 bits per heavy atom. The van der Waals surface area contributed by atoms with E-state index in [-0.39, 0.29) is 16.3 Å². The minimum atomic E-state index is -4.98. The fourth-order valence-electron chi connectivity index (χ4n) is 1.77. The number of ether oxygens (including phenoxy) is 1. The van der Waals surface area contributed by atoms with Crippen molar-refractivity contribution in [1.82, 2.24) is 4.31 Å². The number of halogens is 3. The summed E-state index contributed by atoms with van der Waals surface area (Å²) in [5.41, 5.74) is -3.26. The number of nitrogens with one attached hydrogen (secondary N) is 1. The third-order valence-electron chi connectivity index (χ3n) is 3.32. The van der Waals surface area contributed by atoms with Crippen LogP contribution in [0.2, 0.25) is 0 Å². The highest BCUT2D eigenvalue weighted by Gasteiger charge is 2.51. The Labute approximate surface area is 143 Å². The lowest BCUT2D eigenvalue weighted by Crippen LogP contribution is -2.44. The second kappa shape index (κ2) is 7.18. The molecule has 142 valence electrons. The number of aliphatic hydroxyl groups is 1. The first kappa shape index (κ1) is 21.2. The maximum Gasteiger partial charge on any atom is 0.417 e. The van der Waals surface area contributed by atoms with Crippen LogP contribution in [0.25, 0.3) is 0 Å². The van der Waals surface area contributed by atoms with Gasteiger partial charge in [0.2, 0.25) is 15.9 Å². The molecule has 0 aromatic heterocycles.